The van der Waals surface area contributed by atoms with Crippen molar-refractivity contribution in [1.82, 2.24) is 19.5 Å². The van der Waals surface area contributed by atoms with Crippen molar-refractivity contribution in [2.45, 2.75) is 90.5 Å². The van der Waals surface area contributed by atoms with Crippen LogP contribution in [0.3, 0.4) is 0 Å². The van der Waals surface area contributed by atoms with Gasteiger partial charge in [0.15, 0.2) is 0 Å². The molecule has 3 aromatic rings. The molecule has 3 aromatic heterocycles. The van der Waals surface area contributed by atoms with E-state index in [-0.39, 0.29) is 0 Å². The normalized spacial score (nSPS) is 12.4. The van der Waals surface area contributed by atoms with Gasteiger partial charge in [-0.3, -0.25) is 0 Å². The summed E-state index contributed by atoms with van der Waals surface area (Å²) in [6, 6.07) is 17.3. The highest BCUT2D eigenvalue weighted by Gasteiger charge is 2.07. The van der Waals surface area contributed by atoms with Crippen molar-refractivity contribution >= 4 is 46.4 Å². The van der Waals surface area contributed by atoms with Gasteiger partial charge in [0.05, 0.1) is 33.8 Å². The number of aryl methyl sites for hydroxylation is 1. The average molecular weight is 507 g/mol. The maximum Gasteiger partial charge on any atom is 0.0894 e. The smallest absolute Gasteiger partial charge is 0.0894 e. The van der Waals surface area contributed by atoms with Gasteiger partial charge in [0, 0.05) is 17.6 Å². The number of unbranched alkanes of at least 4 members (excludes halogenated alkanes) is 11. The highest BCUT2D eigenvalue weighted by Crippen LogP contribution is 2.22. The summed E-state index contributed by atoms with van der Waals surface area (Å²) in [7, 11) is 0. The molecule has 0 amide bonds. The van der Waals surface area contributed by atoms with E-state index in [0.29, 0.717) is 0 Å². The zero-order valence-corrected chi connectivity index (χ0v) is 23.0. The first-order chi connectivity index (χ1) is 18.8. The minimum Gasteiger partial charge on any atom is -0.354 e. The molecule has 2 aliphatic rings. The van der Waals surface area contributed by atoms with E-state index in [1.165, 1.54) is 88.1 Å². The number of hydrogen-bond acceptors (Lipinski definition) is 2. The number of aromatic amines is 1. The van der Waals surface area contributed by atoms with E-state index < -0.39 is 0 Å². The van der Waals surface area contributed by atoms with Gasteiger partial charge in [0.2, 0.25) is 0 Å². The molecule has 0 saturated heterocycles. The van der Waals surface area contributed by atoms with Crippen LogP contribution in [0.25, 0.3) is 46.4 Å². The number of rotatable bonds is 13. The standard InChI is InChI=1S/C34H42N4/c1-2-3-4-5-6-7-8-9-10-11-12-13-26-38-30-20-16-29-18-23-32(36-29)31-22-17-27(35-31)14-15-28-19-24-33(37-28)34(38)25-21-30/h14-25,37H,2-13,26H2,1H3. The maximum atomic E-state index is 4.80. The van der Waals surface area contributed by atoms with Crippen molar-refractivity contribution in [3.05, 3.63) is 71.3 Å². The zero-order valence-electron chi connectivity index (χ0n) is 23.0. The fourth-order valence-electron chi connectivity index (χ4n) is 5.46. The van der Waals surface area contributed by atoms with Gasteiger partial charge in [-0.2, -0.15) is 0 Å². The average Bonchev–Trinajstić information content (AvgIpc) is 3.73. The van der Waals surface area contributed by atoms with Crippen LogP contribution in [0.2, 0.25) is 0 Å². The number of hydrogen-bond donors (Lipinski definition) is 1. The van der Waals surface area contributed by atoms with Crippen LogP contribution in [-0.2, 0) is 6.54 Å². The van der Waals surface area contributed by atoms with Gasteiger partial charge in [0.1, 0.15) is 0 Å². The highest BCUT2D eigenvalue weighted by atomic mass is 15.0. The topological polar surface area (TPSA) is 46.5 Å². The van der Waals surface area contributed by atoms with Crippen LogP contribution < -0.4 is 0 Å². The molecular formula is C34H42N4. The Balaban J connectivity index is 1.28. The molecule has 0 fully saturated rings. The van der Waals surface area contributed by atoms with Crippen LogP contribution in [0.5, 0.6) is 0 Å². The van der Waals surface area contributed by atoms with Crippen LogP contribution in [0.1, 0.15) is 107 Å². The summed E-state index contributed by atoms with van der Waals surface area (Å²) in [5.41, 5.74) is 8.45. The minimum atomic E-state index is 0.918. The summed E-state index contributed by atoms with van der Waals surface area (Å²) in [5.74, 6) is 0. The summed E-state index contributed by atoms with van der Waals surface area (Å²) >= 11 is 0. The number of nitrogens with zero attached hydrogens (tertiary/aromatic N) is 3. The summed E-state index contributed by atoms with van der Waals surface area (Å²) in [4.78, 5) is 13.1. The maximum absolute atomic E-state index is 4.80. The van der Waals surface area contributed by atoms with Crippen LogP contribution in [0.4, 0.5) is 0 Å². The van der Waals surface area contributed by atoms with E-state index in [0.717, 1.165) is 40.4 Å². The van der Waals surface area contributed by atoms with Crippen LogP contribution in [0, 0.1) is 0 Å². The third-order valence-corrected chi connectivity index (χ3v) is 7.68. The molecule has 8 bridgehead atoms. The van der Waals surface area contributed by atoms with Crippen molar-refractivity contribution in [1.29, 1.82) is 0 Å². The Morgan fingerprint density at radius 2 is 1.13 bits per heavy atom. The summed E-state index contributed by atoms with van der Waals surface area (Å²) in [6.45, 7) is 3.32. The van der Waals surface area contributed by atoms with Crippen LogP contribution >= 0.6 is 0 Å². The highest BCUT2D eigenvalue weighted by molar-refractivity contribution is 5.82. The molecule has 198 valence electrons. The molecule has 4 nitrogen and oxygen atoms in total. The number of nitrogens with one attached hydrogen (secondary N) is 1. The lowest BCUT2D eigenvalue weighted by molar-refractivity contribution is 0.533. The Morgan fingerprint density at radius 1 is 0.579 bits per heavy atom. The summed E-state index contributed by atoms with van der Waals surface area (Å²) in [5, 5.41) is 0. The molecule has 0 atom stereocenters. The molecule has 0 aliphatic carbocycles. The second-order valence-electron chi connectivity index (χ2n) is 10.7. The SMILES string of the molecule is CCCCCCCCCCCCCCn1c2ccc3nc(c4nc(ccc5ccc([nH]5)c1cc2)C=C4)C=C3. The van der Waals surface area contributed by atoms with Crippen molar-refractivity contribution < 1.29 is 0 Å². The Kier molecular flexibility index (Phi) is 9.25. The number of aromatic nitrogens is 4. The van der Waals surface area contributed by atoms with Gasteiger partial charge in [0.25, 0.3) is 0 Å². The van der Waals surface area contributed by atoms with E-state index in [9.17, 15) is 0 Å². The third-order valence-electron chi connectivity index (χ3n) is 7.68. The first-order valence-corrected chi connectivity index (χ1v) is 14.8. The summed E-state index contributed by atoms with van der Waals surface area (Å²) < 4.78 is 2.46. The van der Waals surface area contributed by atoms with E-state index in [2.05, 4.69) is 77.2 Å². The fourth-order valence-corrected chi connectivity index (χ4v) is 5.46. The predicted octanol–water partition coefficient (Wildman–Crippen LogP) is 9.83. The summed E-state index contributed by atoms with van der Waals surface area (Å²) in [6.07, 6.45) is 24.7. The lowest BCUT2D eigenvalue weighted by atomic mass is 10.1. The Bertz CT molecular complexity index is 1420. The first kappa shape index (κ1) is 26.2. The molecule has 0 saturated carbocycles. The molecule has 5 rings (SSSR count). The molecule has 2 aliphatic heterocycles. The fraction of sp³-hybridized carbons (Fsp3) is 0.412. The van der Waals surface area contributed by atoms with E-state index in [4.69, 9.17) is 9.97 Å². The van der Waals surface area contributed by atoms with E-state index >= 15 is 0 Å². The Hall–Kier alpha value is -3.40. The lowest BCUT2D eigenvalue weighted by Gasteiger charge is -2.07. The predicted molar refractivity (Wildman–Crippen MR) is 164 cm³/mol. The van der Waals surface area contributed by atoms with Crippen molar-refractivity contribution in [2.24, 2.45) is 0 Å². The van der Waals surface area contributed by atoms with E-state index in [1.807, 2.05) is 12.2 Å². The monoisotopic (exact) mass is 506 g/mol. The second-order valence-corrected chi connectivity index (χ2v) is 10.7. The largest absolute Gasteiger partial charge is 0.354 e. The zero-order chi connectivity index (χ0) is 26.0. The van der Waals surface area contributed by atoms with Crippen LogP contribution in [0.15, 0.2) is 48.5 Å². The van der Waals surface area contributed by atoms with Gasteiger partial charge >= 0.3 is 0 Å². The molecule has 0 unspecified atom stereocenters. The molecule has 0 aromatic carbocycles. The number of fused-ring (bicyclic) bond motifs is 10. The quantitative estimate of drug-likeness (QED) is 0.162. The van der Waals surface area contributed by atoms with Crippen molar-refractivity contribution in [2.75, 3.05) is 0 Å². The Morgan fingerprint density at radius 3 is 1.79 bits per heavy atom. The van der Waals surface area contributed by atoms with Gasteiger partial charge in [-0.1, -0.05) is 77.6 Å². The second kappa shape index (κ2) is 13.4. The Labute approximate surface area is 227 Å². The van der Waals surface area contributed by atoms with Gasteiger partial charge in [-0.25, -0.2) is 9.97 Å². The molecule has 38 heavy (non-hydrogen) atoms. The number of H-pyrrole nitrogens is 1. The molecule has 5 heterocycles. The van der Waals surface area contributed by atoms with Gasteiger partial charge in [-0.15, -0.1) is 0 Å². The van der Waals surface area contributed by atoms with Crippen LogP contribution in [-0.4, -0.2) is 19.5 Å². The lowest BCUT2D eigenvalue weighted by Crippen LogP contribution is -1.97. The minimum absolute atomic E-state index is 0.918. The van der Waals surface area contributed by atoms with Gasteiger partial charge < -0.3 is 9.55 Å². The molecule has 0 radical (unpaired) electrons. The first-order valence-electron chi connectivity index (χ1n) is 14.8. The van der Waals surface area contributed by atoms with Crippen molar-refractivity contribution in [3.8, 4) is 0 Å². The van der Waals surface area contributed by atoms with Gasteiger partial charge in [-0.05, 0) is 79.3 Å². The molecule has 1 N–H and O–H groups in total. The van der Waals surface area contributed by atoms with Crippen molar-refractivity contribution in [3.63, 3.8) is 0 Å². The molecule has 0 spiro atoms. The molecule has 4 heteroatoms. The molecular weight excluding hydrogens is 464 g/mol. The van der Waals surface area contributed by atoms with E-state index in [1.54, 1.807) is 0 Å². The third kappa shape index (κ3) is 6.92.